The van der Waals surface area contributed by atoms with Crippen LogP contribution in [0.2, 0.25) is 0 Å². The number of nitrogens with zero attached hydrogens (tertiary/aromatic N) is 3. The maximum atomic E-state index is 12.3. The van der Waals surface area contributed by atoms with Crippen LogP contribution >= 0.6 is 0 Å². The lowest BCUT2D eigenvalue weighted by atomic mass is 10.1. The second kappa shape index (κ2) is 9.84. The largest absolute Gasteiger partial charge is 0.480 e. The van der Waals surface area contributed by atoms with E-state index in [0.29, 0.717) is 10.5 Å². The number of benzene rings is 1. The summed E-state index contributed by atoms with van der Waals surface area (Å²) in [5.74, 6) is -3.66. The van der Waals surface area contributed by atoms with E-state index in [1.165, 1.54) is 6.08 Å². The second-order valence-electron chi connectivity index (χ2n) is 5.38. The van der Waals surface area contributed by atoms with Gasteiger partial charge in [-0.25, -0.2) is 0 Å². The number of hydrogen-bond donors (Lipinski definition) is 2. The molecule has 0 heterocycles. The minimum atomic E-state index is -1.36. The molecule has 0 unspecified atom stereocenters. The average molecular weight is 359 g/mol. The number of anilines is 1. The minimum absolute atomic E-state index is 0.330. The summed E-state index contributed by atoms with van der Waals surface area (Å²) in [6.07, 6.45) is 1.31. The van der Waals surface area contributed by atoms with Gasteiger partial charge in [-0.2, -0.15) is 5.26 Å². The fourth-order valence-electron chi connectivity index (χ4n) is 2.38. The first kappa shape index (κ1) is 20.7. The Bertz CT molecular complexity index is 714. The molecule has 0 atom stereocenters. The maximum absolute atomic E-state index is 12.3. The Morgan fingerprint density at radius 2 is 1.54 bits per heavy atom. The van der Waals surface area contributed by atoms with Crippen molar-refractivity contribution in [3.05, 3.63) is 35.4 Å². The highest BCUT2D eigenvalue weighted by molar-refractivity contribution is 6.03. The highest BCUT2D eigenvalue weighted by Gasteiger charge is 2.23. The van der Waals surface area contributed by atoms with E-state index in [-0.39, 0.29) is 5.57 Å². The molecule has 1 aromatic carbocycles. The van der Waals surface area contributed by atoms with Crippen molar-refractivity contribution in [3.63, 3.8) is 0 Å². The highest BCUT2D eigenvalue weighted by Crippen LogP contribution is 2.17. The molecule has 0 bridgehead atoms. The van der Waals surface area contributed by atoms with Crippen LogP contribution < -0.4 is 4.90 Å². The third kappa shape index (κ3) is 5.94. The minimum Gasteiger partial charge on any atom is -0.480 e. The molecule has 0 aliphatic rings. The summed E-state index contributed by atoms with van der Waals surface area (Å²) < 4.78 is 0. The van der Waals surface area contributed by atoms with Gasteiger partial charge in [0.2, 0.25) is 0 Å². The molecule has 0 saturated heterocycles. The first-order valence-corrected chi connectivity index (χ1v) is 8.02. The predicted octanol–water partition coefficient (Wildman–Crippen LogP) is 1.44. The molecule has 0 aliphatic carbocycles. The second-order valence-corrected chi connectivity index (χ2v) is 5.38. The topological polar surface area (TPSA) is 122 Å². The van der Waals surface area contributed by atoms with Crippen LogP contribution in [0, 0.1) is 11.3 Å². The van der Waals surface area contributed by atoms with E-state index in [2.05, 4.69) is 4.90 Å². The zero-order chi connectivity index (χ0) is 19.7. The third-order valence-electron chi connectivity index (χ3n) is 3.62. The molecule has 0 spiro atoms. The van der Waals surface area contributed by atoms with Crippen LogP contribution in [0.25, 0.3) is 6.08 Å². The van der Waals surface area contributed by atoms with Gasteiger partial charge in [0.15, 0.2) is 0 Å². The van der Waals surface area contributed by atoms with Crippen LogP contribution in [-0.4, -0.2) is 59.1 Å². The Hall–Kier alpha value is -3.34. The lowest BCUT2D eigenvalue weighted by Gasteiger charge is -2.21. The van der Waals surface area contributed by atoms with Crippen LogP contribution in [0.15, 0.2) is 29.8 Å². The van der Waals surface area contributed by atoms with E-state index in [1.807, 2.05) is 26.0 Å². The Balaban J connectivity index is 3.08. The molecule has 0 saturated carbocycles. The zero-order valence-electron chi connectivity index (χ0n) is 14.7. The molecule has 1 aromatic rings. The van der Waals surface area contributed by atoms with Crippen LogP contribution in [0.3, 0.4) is 0 Å². The molecule has 2 N–H and O–H groups in total. The summed E-state index contributed by atoms with van der Waals surface area (Å²) in [4.78, 5) is 36.7. The number of rotatable bonds is 9. The summed E-state index contributed by atoms with van der Waals surface area (Å²) in [6.45, 7) is 4.14. The van der Waals surface area contributed by atoms with Gasteiger partial charge in [0.25, 0.3) is 5.91 Å². The third-order valence-corrected chi connectivity index (χ3v) is 3.62. The van der Waals surface area contributed by atoms with E-state index in [0.717, 1.165) is 18.8 Å². The normalized spacial score (nSPS) is 10.7. The molecule has 8 nitrogen and oxygen atoms in total. The van der Waals surface area contributed by atoms with Crippen LogP contribution in [0.1, 0.15) is 19.4 Å². The Labute approximate surface area is 151 Å². The molecule has 0 fully saturated rings. The lowest BCUT2D eigenvalue weighted by molar-refractivity contribution is -0.147. The number of carbonyl (C=O) groups excluding carboxylic acids is 1. The van der Waals surface area contributed by atoms with E-state index >= 15 is 0 Å². The van der Waals surface area contributed by atoms with Crippen molar-refractivity contribution >= 4 is 29.6 Å². The first-order valence-electron chi connectivity index (χ1n) is 8.02. The summed E-state index contributed by atoms with van der Waals surface area (Å²) >= 11 is 0. The van der Waals surface area contributed by atoms with Gasteiger partial charge >= 0.3 is 11.9 Å². The molecule has 1 amide bonds. The number of aliphatic carboxylic acids is 2. The van der Waals surface area contributed by atoms with Gasteiger partial charge in [-0.05, 0) is 37.6 Å². The van der Waals surface area contributed by atoms with Crippen molar-refractivity contribution in [2.24, 2.45) is 0 Å². The van der Waals surface area contributed by atoms with Crippen molar-refractivity contribution in [2.45, 2.75) is 13.8 Å². The summed E-state index contributed by atoms with van der Waals surface area (Å²) in [7, 11) is 0. The van der Waals surface area contributed by atoms with E-state index in [1.54, 1.807) is 18.2 Å². The number of hydrogen-bond acceptors (Lipinski definition) is 5. The highest BCUT2D eigenvalue weighted by atomic mass is 16.4. The zero-order valence-corrected chi connectivity index (χ0v) is 14.7. The van der Waals surface area contributed by atoms with E-state index in [4.69, 9.17) is 10.2 Å². The number of carbonyl (C=O) groups is 3. The number of carboxylic acids is 2. The molecule has 138 valence electrons. The molecule has 0 aliphatic heterocycles. The van der Waals surface area contributed by atoms with Crippen LogP contribution in [0.4, 0.5) is 5.69 Å². The van der Waals surface area contributed by atoms with Crippen molar-refractivity contribution < 1.29 is 24.6 Å². The van der Waals surface area contributed by atoms with Crippen molar-refractivity contribution in [3.8, 4) is 6.07 Å². The number of carboxylic acid groups (broad SMARTS) is 2. The van der Waals surface area contributed by atoms with Crippen molar-refractivity contribution in [1.82, 2.24) is 4.90 Å². The summed E-state index contributed by atoms with van der Waals surface area (Å²) in [6, 6.07) is 8.88. The molecule has 0 aromatic heterocycles. The molecular weight excluding hydrogens is 338 g/mol. The van der Waals surface area contributed by atoms with Gasteiger partial charge in [-0.1, -0.05) is 12.1 Å². The lowest BCUT2D eigenvalue weighted by Crippen LogP contribution is -2.40. The fraction of sp³-hybridized carbons (Fsp3) is 0.333. The number of amides is 1. The molecule has 8 heteroatoms. The Morgan fingerprint density at radius 1 is 1.04 bits per heavy atom. The molecule has 0 radical (unpaired) electrons. The van der Waals surface area contributed by atoms with E-state index in [9.17, 15) is 19.6 Å². The maximum Gasteiger partial charge on any atom is 0.323 e. The smallest absolute Gasteiger partial charge is 0.323 e. The van der Waals surface area contributed by atoms with Gasteiger partial charge in [0, 0.05) is 18.8 Å². The standard InChI is InChI=1S/C18H21N3O5/c1-3-20(4-2)15-7-5-13(6-8-15)9-14(10-19)18(26)21(11-16(22)23)12-17(24)25/h5-9H,3-4,11-12H2,1-2H3,(H,22,23)(H,24,25). The monoisotopic (exact) mass is 359 g/mol. The molecular formula is C18H21N3O5. The summed E-state index contributed by atoms with van der Waals surface area (Å²) in [5, 5.41) is 26.9. The van der Waals surface area contributed by atoms with Crippen molar-refractivity contribution in [2.75, 3.05) is 31.1 Å². The van der Waals surface area contributed by atoms with Gasteiger partial charge in [-0.15, -0.1) is 0 Å². The van der Waals surface area contributed by atoms with Gasteiger partial charge < -0.3 is 20.0 Å². The first-order chi connectivity index (χ1) is 12.3. The Morgan fingerprint density at radius 3 is 1.92 bits per heavy atom. The number of nitriles is 1. The van der Waals surface area contributed by atoms with Gasteiger partial charge in [0.05, 0.1) is 0 Å². The quantitative estimate of drug-likeness (QED) is 0.505. The molecule has 1 rings (SSSR count). The van der Waals surface area contributed by atoms with Gasteiger partial charge in [0.1, 0.15) is 24.7 Å². The summed E-state index contributed by atoms with van der Waals surface area (Å²) in [5.41, 5.74) is 1.25. The van der Waals surface area contributed by atoms with Crippen molar-refractivity contribution in [1.29, 1.82) is 5.26 Å². The molecule has 26 heavy (non-hydrogen) atoms. The van der Waals surface area contributed by atoms with Crippen LogP contribution in [0.5, 0.6) is 0 Å². The van der Waals surface area contributed by atoms with E-state index < -0.39 is 30.9 Å². The predicted molar refractivity (Wildman–Crippen MR) is 95.4 cm³/mol. The Kier molecular flexibility index (Phi) is 7.83. The fourth-order valence-corrected chi connectivity index (χ4v) is 2.38. The van der Waals surface area contributed by atoms with Gasteiger partial charge in [-0.3, -0.25) is 14.4 Å². The average Bonchev–Trinajstić information content (AvgIpc) is 2.60. The SMILES string of the molecule is CCN(CC)c1ccc(C=C(C#N)C(=O)N(CC(=O)O)CC(=O)O)cc1. The van der Waals surface area contributed by atoms with Crippen LogP contribution in [-0.2, 0) is 14.4 Å².